The van der Waals surface area contributed by atoms with Gasteiger partial charge in [0.25, 0.3) is 0 Å². The number of benzene rings is 2. The molecule has 0 unspecified atom stereocenters. The zero-order valence-electron chi connectivity index (χ0n) is 11.8. The fourth-order valence-corrected chi connectivity index (χ4v) is 1.80. The number of nitrogens with two attached hydrogens (primary N) is 2. The van der Waals surface area contributed by atoms with Gasteiger partial charge in [0, 0.05) is 17.7 Å². The van der Waals surface area contributed by atoms with Crippen LogP contribution < -0.4 is 25.7 Å². The molecule has 0 aliphatic rings. The summed E-state index contributed by atoms with van der Waals surface area (Å²) in [4.78, 5) is 11.2. The molecule has 0 atom stereocenters. The Bertz CT molecular complexity index is 671. The Labute approximate surface area is 122 Å². The Morgan fingerprint density at radius 2 is 1.67 bits per heavy atom. The molecule has 0 aliphatic heterocycles. The number of carbonyl (C=O) groups is 1. The van der Waals surface area contributed by atoms with Crippen molar-refractivity contribution in [2.75, 3.05) is 20.0 Å². The normalized spacial score (nSPS) is 10.0. The first-order valence-corrected chi connectivity index (χ1v) is 6.14. The number of primary amides is 1. The molecule has 0 heterocycles. The van der Waals surface area contributed by atoms with Crippen LogP contribution in [0.1, 0.15) is 10.4 Å². The molecular formula is C15H16N2O4. The molecule has 21 heavy (non-hydrogen) atoms. The van der Waals surface area contributed by atoms with Crippen LogP contribution >= 0.6 is 0 Å². The van der Waals surface area contributed by atoms with E-state index in [1.165, 1.54) is 14.2 Å². The first kappa shape index (κ1) is 14.5. The lowest BCUT2D eigenvalue weighted by molar-refractivity contribution is 0.1000. The number of anilines is 1. The number of rotatable bonds is 5. The third-order valence-corrected chi connectivity index (χ3v) is 2.86. The monoisotopic (exact) mass is 288 g/mol. The van der Waals surface area contributed by atoms with Crippen molar-refractivity contribution in [2.45, 2.75) is 0 Å². The lowest BCUT2D eigenvalue weighted by Gasteiger charge is -2.13. The molecule has 0 radical (unpaired) electrons. The third kappa shape index (κ3) is 3.17. The minimum absolute atomic E-state index is 0.353. The van der Waals surface area contributed by atoms with Crippen LogP contribution in [-0.4, -0.2) is 20.1 Å². The summed E-state index contributed by atoms with van der Waals surface area (Å²) in [7, 11) is 3.04. The van der Waals surface area contributed by atoms with E-state index < -0.39 is 5.91 Å². The van der Waals surface area contributed by atoms with Gasteiger partial charge in [0.15, 0.2) is 17.2 Å². The van der Waals surface area contributed by atoms with Crippen molar-refractivity contribution in [3.05, 3.63) is 42.0 Å². The summed E-state index contributed by atoms with van der Waals surface area (Å²) < 4.78 is 16.0. The summed E-state index contributed by atoms with van der Waals surface area (Å²) in [6, 6.07) is 9.73. The van der Waals surface area contributed by atoms with E-state index in [1.54, 1.807) is 36.4 Å². The number of ether oxygens (including phenoxy) is 3. The van der Waals surface area contributed by atoms with Gasteiger partial charge in [0.05, 0.1) is 19.9 Å². The van der Waals surface area contributed by atoms with Gasteiger partial charge in [-0.2, -0.15) is 0 Å². The van der Waals surface area contributed by atoms with Gasteiger partial charge < -0.3 is 25.7 Å². The Hall–Kier alpha value is -2.89. The van der Waals surface area contributed by atoms with Crippen molar-refractivity contribution in [2.24, 2.45) is 5.73 Å². The molecule has 110 valence electrons. The van der Waals surface area contributed by atoms with Gasteiger partial charge in [-0.1, -0.05) is 6.07 Å². The molecule has 6 heteroatoms. The molecule has 0 aromatic heterocycles. The molecule has 2 rings (SSSR count). The second-order valence-corrected chi connectivity index (χ2v) is 4.24. The van der Waals surface area contributed by atoms with Crippen LogP contribution in [0.2, 0.25) is 0 Å². The van der Waals surface area contributed by atoms with Crippen molar-refractivity contribution in [1.29, 1.82) is 0 Å². The molecular weight excluding hydrogens is 272 g/mol. The van der Waals surface area contributed by atoms with Crippen molar-refractivity contribution >= 4 is 11.6 Å². The second kappa shape index (κ2) is 6.04. The summed E-state index contributed by atoms with van der Waals surface area (Å²) in [6.45, 7) is 0. The van der Waals surface area contributed by atoms with E-state index >= 15 is 0 Å². The van der Waals surface area contributed by atoms with Crippen LogP contribution in [0.4, 0.5) is 5.69 Å². The van der Waals surface area contributed by atoms with Gasteiger partial charge in [-0.05, 0) is 18.2 Å². The van der Waals surface area contributed by atoms with Crippen LogP contribution in [0.15, 0.2) is 36.4 Å². The predicted molar refractivity (Wildman–Crippen MR) is 79.0 cm³/mol. The molecule has 0 aliphatic carbocycles. The molecule has 0 bridgehead atoms. The van der Waals surface area contributed by atoms with Crippen LogP contribution in [0.25, 0.3) is 0 Å². The van der Waals surface area contributed by atoms with Crippen molar-refractivity contribution in [1.82, 2.24) is 0 Å². The lowest BCUT2D eigenvalue weighted by Crippen LogP contribution is -2.10. The lowest BCUT2D eigenvalue weighted by atomic mass is 10.2. The summed E-state index contributed by atoms with van der Waals surface area (Å²) in [5.74, 6) is 1.32. The number of nitrogen functional groups attached to an aromatic ring is 1. The quantitative estimate of drug-likeness (QED) is 0.822. The largest absolute Gasteiger partial charge is 0.493 e. The molecule has 0 saturated carbocycles. The Kier molecular flexibility index (Phi) is 4.18. The van der Waals surface area contributed by atoms with Crippen LogP contribution in [0.5, 0.6) is 23.0 Å². The second-order valence-electron chi connectivity index (χ2n) is 4.24. The molecule has 0 saturated heterocycles. The fourth-order valence-electron chi connectivity index (χ4n) is 1.80. The number of hydrogen-bond acceptors (Lipinski definition) is 5. The standard InChI is InChI=1S/C15H16N2O4/c1-19-13-7-11(16)12(8-14(13)20-2)21-10-5-3-4-9(6-10)15(17)18/h3-8H,16H2,1-2H3,(H2,17,18). The maximum Gasteiger partial charge on any atom is 0.248 e. The van der Waals surface area contributed by atoms with E-state index in [0.717, 1.165) is 0 Å². The highest BCUT2D eigenvalue weighted by Gasteiger charge is 2.11. The van der Waals surface area contributed by atoms with Gasteiger partial charge >= 0.3 is 0 Å². The smallest absolute Gasteiger partial charge is 0.248 e. The Morgan fingerprint density at radius 3 is 2.29 bits per heavy atom. The van der Waals surface area contributed by atoms with Crippen LogP contribution in [0, 0.1) is 0 Å². The highest BCUT2D eigenvalue weighted by molar-refractivity contribution is 5.93. The van der Waals surface area contributed by atoms with E-state index in [9.17, 15) is 4.79 Å². The zero-order valence-corrected chi connectivity index (χ0v) is 11.8. The average molecular weight is 288 g/mol. The van der Waals surface area contributed by atoms with E-state index in [-0.39, 0.29) is 0 Å². The van der Waals surface area contributed by atoms with Crippen molar-refractivity contribution < 1.29 is 19.0 Å². The van der Waals surface area contributed by atoms with E-state index in [4.69, 9.17) is 25.7 Å². The first-order valence-electron chi connectivity index (χ1n) is 6.14. The van der Waals surface area contributed by atoms with Crippen LogP contribution in [0.3, 0.4) is 0 Å². The van der Waals surface area contributed by atoms with Gasteiger partial charge in [0.1, 0.15) is 5.75 Å². The molecule has 0 spiro atoms. The van der Waals surface area contributed by atoms with E-state index in [0.29, 0.717) is 34.2 Å². The minimum Gasteiger partial charge on any atom is -0.493 e. The maximum atomic E-state index is 11.2. The molecule has 4 N–H and O–H groups in total. The van der Waals surface area contributed by atoms with Gasteiger partial charge in [-0.3, -0.25) is 4.79 Å². The van der Waals surface area contributed by atoms with Gasteiger partial charge in [0.2, 0.25) is 5.91 Å². The third-order valence-electron chi connectivity index (χ3n) is 2.86. The molecule has 2 aromatic rings. The van der Waals surface area contributed by atoms with Crippen molar-refractivity contribution in [3.63, 3.8) is 0 Å². The number of methoxy groups -OCH3 is 2. The first-order chi connectivity index (χ1) is 10.0. The number of carbonyl (C=O) groups excluding carboxylic acids is 1. The molecule has 0 fully saturated rings. The summed E-state index contributed by atoms with van der Waals surface area (Å²) in [6.07, 6.45) is 0. The Morgan fingerprint density at radius 1 is 1.00 bits per heavy atom. The fraction of sp³-hybridized carbons (Fsp3) is 0.133. The molecule has 6 nitrogen and oxygen atoms in total. The SMILES string of the molecule is COc1cc(N)c(Oc2cccc(C(N)=O)c2)cc1OC. The average Bonchev–Trinajstić information content (AvgIpc) is 2.49. The van der Waals surface area contributed by atoms with Gasteiger partial charge in [-0.25, -0.2) is 0 Å². The van der Waals surface area contributed by atoms with E-state index in [1.807, 2.05) is 0 Å². The number of hydrogen-bond donors (Lipinski definition) is 2. The summed E-state index contributed by atoms with van der Waals surface area (Å²) in [5.41, 5.74) is 11.9. The summed E-state index contributed by atoms with van der Waals surface area (Å²) in [5, 5.41) is 0. The van der Waals surface area contributed by atoms with Gasteiger partial charge in [-0.15, -0.1) is 0 Å². The zero-order chi connectivity index (χ0) is 15.4. The van der Waals surface area contributed by atoms with E-state index in [2.05, 4.69) is 0 Å². The van der Waals surface area contributed by atoms with Crippen LogP contribution in [-0.2, 0) is 0 Å². The molecule has 2 aromatic carbocycles. The van der Waals surface area contributed by atoms with Crippen molar-refractivity contribution in [3.8, 4) is 23.0 Å². The highest BCUT2D eigenvalue weighted by atomic mass is 16.5. The topological polar surface area (TPSA) is 96.8 Å². The Balaban J connectivity index is 2.35. The predicted octanol–water partition coefficient (Wildman–Crippen LogP) is 2.18. The maximum absolute atomic E-state index is 11.2. The highest BCUT2D eigenvalue weighted by Crippen LogP contribution is 2.38. The number of amides is 1. The summed E-state index contributed by atoms with van der Waals surface area (Å²) >= 11 is 0. The molecule has 1 amide bonds. The minimum atomic E-state index is -0.527.